The molecule has 0 radical (unpaired) electrons. The zero-order valence-corrected chi connectivity index (χ0v) is 6.91. The molecule has 54 valence electrons. The first-order valence-corrected chi connectivity index (χ1v) is 3.66. The van der Waals surface area contributed by atoms with Crippen molar-refractivity contribution in [2.75, 3.05) is 6.54 Å². The minimum Gasteiger partial charge on any atom is -0.311 e. The smallest absolute Gasteiger partial charge is 0.0130 e. The Labute approximate surface area is 57.8 Å². The van der Waals surface area contributed by atoms with Gasteiger partial charge in [-0.25, -0.2) is 0 Å². The van der Waals surface area contributed by atoms with E-state index in [1.165, 1.54) is 13.0 Å². The molecule has 0 aromatic rings. The first-order valence-electron chi connectivity index (χ1n) is 3.66. The topological polar surface area (TPSA) is 12.0 Å². The quantitative estimate of drug-likeness (QED) is 0.523. The van der Waals surface area contributed by atoms with Gasteiger partial charge in [0.05, 0.1) is 0 Å². The highest BCUT2D eigenvalue weighted by molar-refractivity contribution is 4.93. The van der Waals surface area contributed by atoms with Gasteiger partial charge in [-0.2, -0.15) is 0 Å². The fourth-order valence-corrected chi connectivity index (χ4v) is 1.80. The molecule has 1 N–H and O–H groups in total. The van der Waals surface area contributed by atoms with Crippen molar-refractivity contribution in [3.05, 3.63) is 0 Å². The molecule has 0 saturated carbocycles. The lowest BCUT2D eigenvalue weighted by molar-refractivity contribution is 0.369. The van der Waals surface area contributed by atoms with Crippen LogP contribution in [0.5, 0.6) is 0 Å². The van der Waals surface area contributed by atoms with E-state index in [0.717, 1.165) is 0 Å². The van der Waals surface area contributed by atoms with Crippen molar-refractivity contribution in [2.45, 2.75) is 39.7 Å². The predicted molar refractivity (Wildman–Crippen MR) is 40.5 cm³/mol. The molecule has 0 bridgehead atoms. The van der Waals surface area contributed by atoms with Crippen molar-refractivity contribution in [1.82, 2.24) is 5.32 Å². The van der Waals surface area contributed by atoms with Gasteiger partial charge in [-0.05, 0) is 25.7 Å². The lowest BCUT2D eigenvalue weighted by atomic mass is 9.86. The average molecular weight is 127 g/mol. The number of hydrogen-bond donors (Lipinski definition) is 1. The van der Waals surface area contributed by atoms with E-state index in [-0.39, 0.29) is 0 Å². The Morgan fingerprint density at radius 3 is 1.78 bits per heavy atom. The van der Waals surface area contributed by atoms with E-state index in [1.807, 2.05) is 0 Å². The lowest BCUT2D eigenvalue weighted by Gasteiger charge is -2.19. The first kappa shape index (κ1) is 7.07. The van der Waals surface area contributed by atoms with Crippen molar-refractivity contribution in [1.29, 1.82) is 0 Å². The minimum absolute atomic E-state index is 0.378. The highest BCUT2D eigenvalue weighted by Gasteiger charge is 2.35. The van der Waals surface area contributed by atoms with Gasteiger partial charge in [-0.1, -0.05) is 13.8 Å². The van der Waals surface area contributed by atoms with Crippen LogP contribution in [0.1, 0.15) is 34.1 Å². The third kappa shape index (κ3) is 1.68. The van der Waals surface area contributed by atoms with Crippen LogP contribution in [0.2, 0.25) is 0 Å². The summed E-state index contributed by atoms with van der Waals surface area (Å²) in [6, 6.07) is 0. The normalized spacial score (nSPS) is 30.7. The monoisotopic (exact) mass is 127 g/mol. The summed E-state index contributed by atoms with van der Waals surface area (Å²) in [5.74, 6) is 0. The summed E-state index contributed by atoms with van der Waals surface area (Å²) < 4.78 is 0. The largest absolute Gasteiger partial charge is 0.311 e. The van der Waals surface area contributed by atoms with Crippen LogP contribution in [0.15, 0.2) is 0 Å². The molecule has 0 aromatic carbocycles. The van der Waals surface area contributed by atoms with E-state index in [4.69, 9.17) is 0 Å². The molecule has 0 spiro atoms. The van der Waals surface area contributed by atoms with Gasteiger partial charge >= 0.3 is 0 Å². The molecule has 1 heteroatoms. The van der Waals surface area contributed by atoms with E-state index < -0.39 is 0 Å². The van der Waals surface area contributed by atoms with Crippen LogP contribution in [-0.2, 0) is 0 Å². The molecule has 0 aliphatic carbocycles. The molecule has 1 aliphatic rings. The highest BCUT2D eigenvalue weighted by Crippen LogP contribution is 2.32. The second-order valence-electron chi connectivity index (χ2n) is 4.58. The zero-order chi connectivity index (χ0) is 7.12. The van der Waals surface area contributed by atoms with E-state index in [0.29, 0.717) is 11.0 Å². The zero-order valence-electron chi connectivity index (χ0n) is 6.91. The Hall–Kier alpha value is -0.0400. The number of nitrogens with one attached hydrogen (secondary N) is 1. The Balaban J connectivity index is 2.58. The van der Waals surface area contributed by atoms with Crippen LogP contribution < -0.4 is 5.32 Å². The summed E-state index contributed by atoms with van der Waals surface area (Å²) in [4.78, 5) is 0. The minimum atomic E-state index is 0.378. The van der Waals surface area contributed by atoms with E-state index in [2.05, 4.69) is 33.0 Å². The van der Waals surface area contributed by atoms with Crippen LogP contribution >= 0.6 is 0 Å². The second-order valence-corrected chi connectivity index (χ2v) is 4.58. The number of rotatable bonds is 0. The summed E-state index contributed by atoms with van der Waals surface area (Å²) in [7, 11) is 0. The van der Waals surface area contributed by atoms with Gasteiger partial charge in [-0.3, -0.25) is 0 Å². The standard InChI is InChI=1S/C8H17N/c1-7(2)5-8(3,4)9-6-7/h9H,5-6H2,1-4H3. The molecular formula is C8H17N. The first-order chi connectivity index (χ1) is 3.91. The summed E-state index contributed by atoms with van der Waals surface area (Å²) in [5, 5.41) is 3.49. The van der Waals surface area contributed by atoms with Crippen LogP contribution in [0.3, 0.4) is 0 Å². The fourth-order valence-electron chi connectivity index (χ4n) is 1.80. The summed E-state index contributed by atoms with van der Waals surface area (Å²) in [6.07, 6.45) is 1.29. The molecule has 0 unspecified atom stereocenters. The maximum absolute atomic E-state index is 3.49. The van der Waals surface area contributed by atoms with Crippen LogP contribution in [0, 0.1) is 5.41 Å². The maximum Gasteiger partial charge on any atom is 0.0130 e. The van der Waals surface area contributed by atoms with Gasteiger partial charge in [-0.15, -0.1) is 0 Å². The third-order valence-corrected chi connectivity index (χ3v) is 1.97. The molecule has 9 heavy (non-hydrogen) atoms. The Kier molecular flexibility index (Phi) is 1.35. The molecule has 1 nitrogen and oxygen atoms in total. The second kappa shape index (κ2) is 1.72. The van der Waals surface area contributed by atoms with E-state index in [9.17, 15) is 0 Å². The van der Waals surface area contributed by atoms with Crippen molar-refractivity contribution in [3.63, 3.8) is 0 Å². The Morgan fingerprint density at radius 2 is 1.67 bits per heavy atom. The number of hydrogen-bond acceptors (Lipinski definition) is 1. The SMILES string of the molecule is CC1(C)CNC(C)(C)C1. The molecule has 1 rings (SSSR count). The van der Waals surface area contributed by atoms with Gasteiger partial charge in [0.1, 0.15) is 0 Å². The molecule has 0 atom stereocenters. The summed E-state index contributed by atoms with van der Waals surface area (Å²) in [5.41, 5.74) is 0.896. The maximum atomic E-state index is 3.49. The van der Waals surface area contributed by atoms with E-state index >= 15 is 0 Å². The predicted octanol–water partition coefficient (Wildman–Crippen LogP) is 1.78. The van der Waals surface area contributed by atoms with Gasteiger partial charge in [0.15, 0.2) is 0 Å². The molecular weight excluding hydrogens is 110 g/mol. The van der Waals surface area contributed by atoms with Crippen molar-refractivity contribution in [2.24, 2.45) is 5.41 Å². The van der Waals surface area contributed by atoms with Gasteiger partial charge in [0, 0.05) is 12.1 Å². The Morgan fingerprint density at radius 1 is 1.11 bits per heavy atom. The van der Waals surface area contributed by atoms with Gasteiger partial charge in [0.25, 0.3) is 0 Å². The summed E-state index contributed by atoms with van der Waals surface area (Å²) in [6.45, 7) is 10.3. The molecule has 0 amide bonds. The summed E-state index contributed by atoms with van der Waals surface area (Å²) >= 11 is 0. The third-order valence-electron chi connectivity index (χ3n) is 1.97. The van der Waals surface area contributed by atoms with E-state index in [1.54, 1.807) is 0 Å². The Bertz CT molecular complexity index is 99.7. The molecule has 1 heterocycles. The van der Waals surface area contributed by atoms with Crippen molar-refractivity contribution >= 4 is 0 Å². The van der Waals surface area contributed by atoms with Crippen molar-refractivity contribution in [3.8, 4) is 0 Å². The molecule has 0 aromatic heterocycles. The molecule has 1 fully saturated rings. The highest BCUT2D eigenvalue weighted by atomic mass is 15.0. The lowest BCUT2D eigenvalue weighted by Crippen LogP contribution is -2.31. The van der Waals surface area contributed by atoms with Crippen molar-refractivity contribution < 1.29 is 0 Å². The molecule has 1 saturated heterocycles. The van der Waals surface area contributed by atoms with Crippen LogP contribution in [0.4, 0.5) is 0 Å². The van der Waals surface area contributed by atoms with Crippen LogP contribution in [-0.4, -0.2) is 12.1 Å². The average Bonchev–Trinajstić information content (AvgIpc) is 1.78. The van der Waals surface area contributed by atoms with Crippen LogP contribution in [0.25, 0.3) is 0 Å². The van der Waals surface area contributed by atoms with Gasteiger partial charge in [0.2, 0.25) is 0 Å². The molecule has 1 aliphatic heterocycles. The van der Waals surface area contributed by atoms with Gasteiger partial charge < -0.3 is 5.32 Å². The fraction of sp³-hybridized carbons (Fsp3) is 1.00.